The van der Waals surface area contributed by atoms with Crippen molar-refractivity contribution in [2.24, 2.45) is 0 Å². The van der Waals surface area contributed by atoms with Crippen molar-refractivity contribution in [3.05, 3.63) is 11.1 Å². The minimum absolute atomic E-state index is 0.141. The van der Waals surface area contributed by atoms with Crippen LogP contribution in [-0.4, -0.2) is 59.7 Å². The standard InChI is InChI=1S/C20H33N5O3S/c1-14-10-25(11-15(2)28-14)12-17-13-29-20(23-17)24-18(26)8-9-21-19(27)22-16-6-4-3-5-7-16/h13-16H,3-12H2,1-2H3,(H2,21,22,27)(H,23,24,26)/t14-,15-/m1/s1. The normalized spacial score (nSPS) is 23.5. The third kappa shape index (κ3) is 7.56. The molecule has 162 valence electrons. The monoisotopic (exact) mass is 423 g/mol. The fourth-order valence-electron chi connectivity index (χ4n) is 4.03. The van der Waals surface area contributed by atoms with Crippen molar-refractivity contribution >= 4 is 28.4 Å². The molecule has 0 unspecified atom stereocenters. The van der Waals surface area contributed by atoms with E-state index in [1.165, 1.54) is 30.6 Å². The van der Waals surface area contributed by atoms with E-state index in [-0.39, 0.29) is 36.6 Å². The molecular weight excluding hydrogens is 390 g/mol. The molecule has 3 N–H and O–H groups in total. The van der Waals surface area contributed by atoms with Gasteiger partial charge in [0.15, 0.2) is 5.13 Å². The van der Waals surface area contributed by atoms with E-state index in [0.717, 1.165) is 38.2 Å². The molecular formula is C20H33N5O3S. The summed E-state index contributed by atoms with van der Waals surface area (Å²) >= 11 is 1.43. The molecule has 2 fully saturated rings. The maximum Gasteiger partial charge on any atom is 0.315 e. The van der Waals surface area contributed by atoms with Crippen molar-refractivity contribution in [2.45, 2.75) is 77.2 Å². The Morgan fingerprint density at radius 2 is 1.93 bits per heavy atom. The second-order valence-corrected chi connectivity index (χ2v) is 8.99. The predicted octanol–water partition coefficient (Wildman–Crippen LogP) is 2.71. The highest BCUT2D eigenvalue weighted by molar-refractivity contribution is 7.13. The van der Waals surface area contributed by atoms with Crippen LogP contribution in [-0.2, 0) is 16.1 Å². The number of morpholine rings is 1. The molecule has 0 bridgehead atoms. The van der Waals surface area contributed by atoms with Crippen molar-refractivity contribution in [3.63, 3.8) is 0 Å². The number of nitrogens with one attached hydrogen (secondary N) is 3. The number of thiazole rings is 1. The number of nitrogens with zero attached hydrogens (tertiary/aromatic N) is 2. The van der Waals surface area contributed by atoms with Crippen LogP contribution in [0.15, 0.2) is 5.38 Å². The molecule has 2 atom stereocenters. The number of ether oxygens (including phenoxy) is 1. The van der Waals surface area contributed by atoms with Crippen molar-refractivity contribution in [2.75, 3.05) is 25.0 Å². The third-order valence-corrected chi connectivity index (χ3v) is 6.06. The van der Waals surface area contributed by atoms with Crippen LogP contribution >= 0.6 is 11.3 Å². The molecule has 8 nitrogen and oxygen atoms in total. The van der Waals surface area contributed by atoms with E-state index in [0.29, 0.717) is 11.7 Å². The summed E-state index contributed by atoms with van der Waals surface area (Å²) in [6.07, 6.45) is 6.36. The van der Waals surface area contributed by atoms with Crippen molar-refractivity contribution < 1.29 is 14.3 Å². The van der Waals surface area contributed by atoms with Crippen LogP contribution in [0.3, 0.4) is 0 Å². The second kappa shape index (κ2) is 10.9. The Bertz CT molecular complexity index is 667. The van der Waals surface area contributed by atoms with Crippen LogP contribution in [0, 0.1) is 0 Å². The lowest BCUT2D eigenvalue weighted by Gasteiger charge is -2.34. The summed E-state index contributed by atoms with van der Waals surface area (Å²) < 4.78 is 5.76. The molecule has 9 heteroatoms. The largest absolute Gasteiger partial charge is 0.373 e. The van der Waals surface area contributed by atoms with Crippen LogP contribution in [0.5, 0.6) is 0 Å². The Morgan fingerprint density at radius 3 is 2.66 bits per heavy atom. The average Bonchev–Trinajstić information content (AvgIpc) is 3.08. The number of carbonyl (C=O) groups excluding carboxylic acids is 2. The number of carbonyl (C=O) groups is 2. The zero-order valence-electron chi connectivity index (χ0n) is 17.4. The molecule has 3 rings (SSSR count). The van der Waals surface area contributed by atoms with Gasteiger partial charge in [0.05, 0.1) is 17.9 Å². The highest BCUT2D eigenvalue weighted by Crippen LogP contribution is 2.19. The van der Waals surface area contributed by atoms with Crippen molar-refractivity contribution in [1.29, 1.82) is 0 Å². The van der Waals surface area contributed by atoms with Gasteiger partial charge in [0, 0.05) is 44.0 Å². The van der Waals surface area contributed by atoms with Gasteiger partial charge in [-0.2, -0.15) is 0 Å². The van der Waals surface area contributed by atoms with Gasteiger partial charge in [-0.15, -0.1) is 11.3 Å². The summed E-state index contributed by atoms with van der Waals surface area (Å²) in [6, 6.07) is 0.0824. The Hall–Kier alpha value is -1.71. The van der Waals surface area contributed by atoms with Gasteiger partial charge < -0.3 is 20.7 Å². The minimum Gasteiger partial charge on any atom is -0.373 e. The Morgan fingerprint density at radius 1 is 1.21 bits per heavy atom. The van der Waals surface area contributed by atoms with E-state index in [1.54, 1.807) is 0 Å². The van der Waals surface area contributed by atoms with Gasteiger partial charge in [0.25, 0.3) is 0 Å². The number of hydrogen-bond donors (Lipinski definition) is 3. The van der Waals surface area contributed by atoms with E-state index in [1.807, 2.05) is 5.38 Å². The quantitative estimate of drug-likeness (QED) is 0.627. The van der Waals surface area contributed by atoms with E-state index < -0.39 is 0 Å². The molecule has 3 amide bonds. The first kappa shape index (κ1) is 22.0. The summed E-state index contributed by atoms with van der Waals surface area (Å²) in [7, 11) is 0. The summed E-state index contributed by atoms with van der Waals surface area (Å²) in [5.74, 6) is -0.141. The van der Waals surface area contributed by atoms with Crippen molar-refractivity contribution in [1.82, 2.24) is 20.5 Å². The van der Waals surface area contributed by atoms with Crippen molar-refractivity contribution in [3.8, 4) is 0 Å². The number of anilines is 1. The molecule has 1 saturated carbocycles. The molecule has 1 aromatic heterocycles. The number of hydrogen-bond acceptors (Lipinski definition) is 6. The molecule has 2 aliphatic rings. The van der Waals surface area contributed by atoms with E-state index >= 15 is 0 Å². The lowest BCUT2D eigenvalue weighted by molar-refractivity contribution is -0.116. The zero-order valence-corrected chi connectivity index (χ0v) is 18.2. The van der Waals surface area contributed by atoms with Gasteiger partial charge in [-0.05, 0) is 26.7 Å². The maximum atomic E-state index is 12.1. The van der Waals surface area contributed by atoms with E-state index in [9.17, 15) is 9.59 Å². The van der Waals surface area contributed by atoms with Crippen LogP contribution in [0.25, 0.3) is 0 Å². The summed E-state index contributed by atoms with van der Waals surface area (Å²) in [6.45, 7) is 7.01. The first-order chi connectivity index (χ1) is 14.0. The van der Waals surface area contributed by atoms with E-state index in [4.69, 9.17) is 4.74 Å². The lowest BCUT2D eigenvalue weighted by Crippen LogP contribution is -2.44. The van der Waals surface area contributed by atoms with E-state index in [2.05, 4.69) is 39.7 Å². The first-order valence-electron chi connectivity index (χ1n) is 10.6. The SMILES string of the molecule is C[C@@H]1CN(Cc2csc(NC(=O)CCNC(=O)NC3CCCCC3)n2)C[C@@H](C)O1. The second-order valence-electron chi connectivity index (χ2n) is 8.13. The minimum atomic E-state index is -0.185. The van der Waals surface area contributed by atoms with Gasteiger partial charge in [-0.25, -0.2) is 9.78 Å². The Labute approximate surface area is 176 Å². The van der Waals surface area contributed by atoms with Gasteiger partial charge in [-0.1, -0.05) is 19.3 Å². The highest BCUT2D eigenvalue weighted by Gasteiger charge is 2.23. The fraction of sp³-hybridized carbons (Fsp3) is 0.750. The zero-order chi connectivity index (χ0) is 20.6. The smallest absolute Gasteiger partial charge is 0.315 e. The lowest BCUT2D eigenvalue weighted by atomic mass is 9.96. The Balaban J connectivity index is 1.33. The third-order valence-electron chi connectivity index (χ3n) is 5.26. The number of amides is 3. The molecule has 0 aromatic carbocycles. The van der Waals surface area contributed by atoms with Gasteiger partial charge in [0.1, 0.15) is 0 Å². The number of urea groups is 1. The Kier molecular flexibility index (Phi) is 8.26. The van der Waals surface area contributed by atoms with Crippen LogP contribution in [0.2, 0.25) is 0 Å². The molecule has 2 heterocycles. The van der Waals surface area contributed by atoms with Crippen LogP contribution < -0.4 is 16.0 Å². The molecule has 0 radical (unpaired) electrons. The molecule has 1 aliphatic carbocycles. The highest BCUT2D eigenvalue weighted by atomic mass is 32.1. The summed E-state index contributed by atoms with van der Waals surface area (Å²) in [4.78, 5) is 30.9. The number of aromatic nitrogens is 1. The van der Waals surface area contributed by atoms with Gasteiger partial charge in [-0.3, -0.25) is 9.69 Å². The van der Waals surface area contributed by atoms with Gasteiger partial charge in [0.2, 0.25) is 5.91 Å². The average molecular weight is 424 g/mol. The molecule has 1 aromatic rings. The molecule has 29 heavy (non-hydrogen) atoms. The number of rotatable bonds is 7. The molecule has 1 aliphatic heterocycles. The predicted molar refractivity (Wildman–Crippen MR) is 114 cm³/mol. The fourth-order valence-corrected chi connectivity index (χ4v) is 4.75. The first-order valence-corrected chi connectivity index (χ1v) is 11.5. The van der Waals surface area contributed by atoms with Gasteiger partial charge >= 0.3 is 6.03 Å². The van der Waals surface area contributed by atoms with Crippen LogP contribution in [0.4, 0.5) is 9.93 Å². The van der Waals surface area contributed by atoms with Crippen LogP contribution in [0.1, 0.15) is 58.1 Å². The summed E-state index contributed by atoms with van der Waals surface area (Å²) in [5.41, 5.74) is 0.955. The molecule has 0 spiro atoms. The topological polar surface area (TPSA) is 95.6 Å². The maximum absolute atomic E-state index is 12.1. The molecule has 1 saturated heterocycles. The summed E-state index contributed by atoms with van der Waals surface area (Å²) in [5, 5.41) is 11.2.